The number of halogens is 2. The Labute approximate surface area is 204 Å². The van der Waals surface area contributed by atoms with Crippen LogP contribution in [-0.4, -0.2) is 55.8 Å². The summed E-state index contributed by atoms with van der Waals surface area (Å²) >= 11 is 2.53. The summed E-state index contributed by atoms with van der Waals surface area (Å²) in [6.45, 7) is 7.29. The molecule has 0 spiro atoms. The van der Waals surface area contributed by atoms with Gasteiger partial charge in [0.1, 0.15) is 5.82 Å². The van der Waals surface area contributed by atoms with Crippen molar-refractivity contribution >= 4 is 43.7 Å². The van der Waals surface area contributed by atoms with Gasteiger partial charge in [0.05, 0.1) is 16.3 Å². The van der Waals surface area contributed by atoms with Gasteiger partial charge in [0.15, 0.2) is 16.1 Å². The first-order valence-corrected chi connectivity index (χ1v) is 12.9. The van der Waals surface area contributed by atoms with Crippen molar-refractivity contribution in [2.75, 3.05) is 30.3 Å². The summed E-state index contributed by atoms with van der Waals surface area (Å²) in [5.74, 6) is 0.505. The molecule has 2 atom stereocenters. The van der Waals surface area contributed by atoms with Crippen molar-refractivity contribution < 1.29 is 8.78 Å². The van der Waals surface area contributed by atoms with E-state index in [1.165, 1.54) is 23.5 Å². The van der Waals surface area contributed by atoms with Crippen molar-refractivity contribution in [2.45, 2.75) is 45.3 Å². The molecule has 5 rings (SSSR count). The van der Waals surface area contributed by atoms with Crippen LogP contribution < -0.4 is 10.6 Å². The summed E-state index contributed by atoms with van der Waals surface area (Å²) in [6, 6.07) is 6.62. The molecule has 2 N–H and O–H groups in total. The lowest BCUT2D eigenvalue weighted by Gasteiger charge is -2.42. The summed E-state index contributed by atoms with van der Waals surface area (Å²) in [5, 5.41) is 13.1. The Morgan fingerprint density at radius 3 is 2.79 bits per heavy atom. The number of piperazine rings is 1. The molecule has 4 aromatic rings. The minimum atomic E-state index is -0.326. The molecule has 1 saturated heterocycles. The predicted molar refractivity (Wildman–Crippen MR) is 131 cm³/mol. The summed E-state index contributed by atoms with van der Waals surface area (Å²) in [4.78, 5) is 10.3. The van der Waals surface area contributed by atoms with Gasteiger partial charge in [-0.15, -0.1) is 16.4 Å². The van der Waals surface area contributed by atoms with Crippen molar-refractivity contribution in [1.29, 1.82) is 0 Å². The quantitative estimate of drug-likeness (QED) is 0.379. The highest BCUT2D eigenvalue weighted by Crippen LogP contribution is 2.35. The Morgan fingerprint density at radius 2 is 2.06 bits per heavy atom. The lowest BCUT2D eigenvalue weighted by Crippen LogP contribution is -2.53. The van der Waals surface area contributed by atoms with Gasteiger partial charge in [0, 0.05) is 49.2 Å². The molecule has 0 aliphatic carbocycles. The molecule has 0 amide bonds. The third kappa shape index (κ3) is 4.49. The number of hydrogen-bond donors (Lipinski definition) is 1. The van der Waals surface area contributed by atoms with E-state index in [1.54, 1.807) is 6.07 Å². The number of anilines is 2. The molecular formula is C22H26F2N8S2. The van der Waals surface area contributed by atoms with Crippen molar-refractivity contribution in [3.05, 3.63) is 45.9 Å². The maximum atomic E-state index is 14.3. The van der Waals surface area contributed by atoms with Gasteiger partial charge in [-0.05, 0) is 48.0 Å². The van der Waals surface area contributed by atoms with Crippen LogP contribution in [0.15, 0.2) is 24.3 Å². The number of benzene rings is 1. The van der Waals surface area contributed by atoms with Gasteiger partial charge in [-0.2, -0.15) is 4.39 Å². The number of tetrazole rings is 1. The fraction of sp³-hybridized carbons (Fsp3) is 0.455. The zero-order valence-electron chi connectivity index (χ0n) is 19.0. The van der Waals surface area contributed by atoms with Crippen molar-refractivity contribution in [2.24, 2.45) is 0 Å². The summed E-state index contributed by atoms with van der Waals surface area (Å²) < 4.78 is 30.0. The van der Waals surface area contributed by atoms with Crippen molar-refractivity contribution in [3.8, 4) is 0 Å². The van der Waals surface area contributed by atoms with E-state index >= 15 is 0 Å². The summed E-state index contributed by atoms with van der Waals surface area (Å²) in [7, 11) is 0. The van der Waals surface area contributed by atoms with Crippen LogP contribution in [-0.2, 0) is 13.0 Å². The average Bonchev–Trinajstić information content (AvgIpc) is 3.53. The number of thiazole rings is 1. The van der Waals surface area contributed by atoms with Crippen molar-refractivity contribution in [1.82, 2.24) is 30.1 Å². The van der Waals surface area contributed by atoms with E-state index in [2.05, 4.69) is 44.2 Å². The molecule has 2 unspecified atom stereocenters. The van der Waals surface area contributed by atoms with E-state index in [9.17, 15) is 8.78 Å². The zero-order valence-corrected chi connectivity index (χ0v) is 20.6. The molecule has 12 heteroatoms. The first-order chi connectivity index (χ1) is 16.4. The second-order valence-corrected chi connectivity index (χ2v) is 10.6. The smallest absolute Gasteiger partial charge is 0.186 e. The highest BCUT2D eigenvalue weighted by Gasteiger charge is 2.32. The summed E-state index contributed by atoms with van der Waals surface area (Å²) in [6.07, 6.45) is 1.55. The van der Waals surface area contributed by atoms with E-state index in [1.807, 2.05) is 10.7 Å². The molecule has 0 bridgehead atoms. The van der Waals surface area contributed by atoms with E-state index in [0.29, 0.717) is 28.9 Å². The number of thiophene rings is 1. The van der Waals surface area contributed by atoms with Crippen LogP contribution >= 0.6 is 22.7 Å². The van der Waals surface area contributed by atoms with Crippen LogP contribution in [0.25, 0.3) is 10.2 Å². The molecule has 0 radical (unpaired) electrons. The van der Waals surface area contributed by atoms with Crippen LogP contribution in [0.5, 0.6) is 0 Å². The number of rotatable bonds is 7. The van der Waals surface area contributed by atoms with E-state index in [-0.39, 0.29) is 23.0 Å². The third-order valence-corrected chi connectivity index (χ3v) is 8.29. The van der Waals surface area contributed by atoms with Gasteiger partial charge in [0.25, 0.3) is 0 Å². The molecule has 0 saturated carbocycles. The lowest BCUT2D eigenvalue weighted by atomic mass is 10.1. The Balaban J connectivity index is 1.29. The minimum Gasteiger partial charge on any atom is -0.399 e. The first kappa shape index (κ1) is 23.1. The predicted octanol–water partition coefficient (Wildman–Crippen LogP) is 4.11. The van der Waals surface area contributed by atoms with Crippen LogP contribution in [0.4, 0.5) is 19.6 Å². The molecule has 180 valence electrons. The standard InChI is InChI=1S/C22H26F2N8S2/c1-3-18(21-27-28-29-32(21)7-6-15-4-5-19(24)33-15)30-8-9-31(13(2)12-30)22-26-17-11-14(25)10-16(23)20(17)34-22/h4-5,10-11,13,18H,3,6-9,12,25H2,1-2H3. The second-order valence-electron chi connectivity index (χ2n) is 8.52. The van der Waals surface area contributed by atoms with E-state index in [0.717, 1.165) is 53.2 Å². The average molecular weight is 505 g/mol. The molecular weight excluding hydrogens is 478 g/mol. The maximum Gasteiger partial charge on any atom is 0.186 e. The normalized spacial score (nSPS) is 18.1. The number of nitrogen functional groups attached to an aromatic ring is 1. The van der Waals surface area contributed by atoms with Crippen LogP contribution in [0.3, 0.4) is 0 Å². The first-order valence-electron chi connectivity index (χ1n) is 11.3. The van der Waals surface area contributed by atoms with Gasteiger partial charge in [-0.25, -0.2) is 14.1 Å². The molecule has 1 aliphatic rings. The molecule has 1 aliphatic heterocycles. The Kier molecular flexibility index (Phi) is 6.45. The van der Waals surface area contributed by atoms with Gasteiger partial charge < -0.3 is 10.6 Å². The van der Waals surface area contributed by atoms with Gasteiger partial charge >= 0.3 is 0 Å². The monoisotopic (exact) mass is 504 g/mol. The second kappa shape index (κ2) is 9.51. The minimum absolute atomic E-state index is 0.0762. The number of hydrogen-bond acceptors (Lipinski definition) is 9. The van der Waals surface area contributed by atoms with Crippen LogP contribution in [0.2, 0.25) is 0 Å². The van der Waals surface area contributed by atoms with Crippen LogP contribution in [0.1, 0.15) is 37.0 Å². The van der Waals surface area contributed by atoms with Crippen molar-refractivity contribution in [3.63, 3.8) is 0 Å². The van der Waals surface area contributed by atoms with Gasteiger partial charge in [-0.3, -0.25) is 4.90 Å². The van der Waals surface area contributed by atoms with E-state index in [4.69, 9.17) is 5.73 Å². The Bertz CT molecular complexity index is 1290. The van der Waals surface area contributed by atoms with Gasteiger partial charge in [-0.1, -0.05) is 18.3 Å². The zero-order chi connectivity index (χ0) is 23.8. The molecule has 3 aromatic heterocycles. The molecule has 34 heavy (non-hydrogen) atoms. The number of aromatic nitrogens is 5. The van der Waals surface area contributed by atoms with E-state index < -0.39 is 0 Å². The molecule has 1 fully saturated rings. The highest BCUT2D eigenvalue weighted by atomic mass is 32.1. The number of nitrogens with two attached hydrogens (primary N) is 1. The summed E-state index contributed by atoms with van der Waals surface area (Å²) in [5.41, 5.74) is 6.77. The number of aryl methyl sites for hydroxylation is 2. The molecule has 4 heterocycles. The molecule has 1 aromatic carbocycles. The lowest BCUT2D eigenvalue weighted by molar-refractivity contribution is 0.150. The van der Waals surface area contributed by atoms with Crippen LogP contribution in [0, 0.1) is 10.9 Å². The Morgan fingerprint density at radius 1 is 1.21 bits per heavy atom. The van der Waals surface area contributed by atoms with Gasteiger partial charge in [0.2, 0.25) is 0 Å². The SMILES string of the molecule is CCC(c1nnnn1CCc1ccc(F)s1)N1CCN(c2nc3cc(N)cc(F)c3s2)C(C)C1. The topological polar surface area (TPSA) is 89.0 Å². The fourth-order valence-corrected chi connectivity index (χ4v) is 6.39. The highest BCUT2D eigenvalue weighted by molar-refractivity contribution is 7.22. The maximum absolute atomic E-state index is 14.3. The number of fused-ring (bicyclic) bond motifs is 1. The molecule has 8 nitrogen and oxygen atoms in total. The fourth-order valence-electron chi connectivity index (χ4n) is 4.59. The Hall–Kier alpha value is -2.70. The number of nitrogens with zero attached hydrogens (tertiary/aromatic N) is 7. The third-order valence-electron chi connectivity index (χ3n) is 6.24. The largest absolute Gasteiger partial charge is 0.399 e.